The topological polar surface area (TPSA) is 72.2 Å². The monoisotopic (exact) mass is 240 g/mol. The lowest BCUT2D eigenvalue weighted by Crippen LogP contribution is -2.04. The van der Waals surface area contributed by atoms with E-state index in [9.17, 15) is 14.9 Å². The fourth-order valence-corrected chi connectivity index (χ4v) is 1.18. The fraction of sp³-hybridized carbons (Fsp3) is 0.100. The average molecular weight is 241 g/mol. The van der Waals surface area contributed by atoms with E-state index < -0.39 is 4.92 Å². The van der Waals surface area contributed by atoms with Crippen LogP contribution in [0.1, 0.15) is 10.4 Å². The minimum atomic E-state index is -0.563. The van der Waals surface area contributed by atoms with Gasteiger partial charge in [0, 0.05) is 16.7 Å². The van der Waals surface area contributed by atoms with Gasteiger partial charge in [0.1, 0.15) is 12.0 Å². The number of hydrogen-bond acceptors (Lipinski definition) is 4. The molecule has 0 saturated carbocycles. The van der Waals surface area contributed by atoms with Crippen LogP contribution in [-0.4, -0.2) is 17.8 Å². The Balaban J connectivity index is 3.03. The van der Waals surface area contributed by atoms with Crippen molar-refractivity contribution < 1.29 is 9.72 Å². The van der Waals surface area contributed by atoms with Gasteiger partial charge < -0.3 is 5.32 Å². The fourth-order valence-electron chi connectivity index (χ4n) is 1.11. The third-order valence-electron chi connectivity index (χ3n) is 1.83. The molecule has 0 amide bonds. The highest BCUT2D eigenvalue weighted by molar-refractivity contribution is 6.29. The Morgan fingerprint density at radius 3 is 2.81 bits per heavy atom. The van der Waals surface area contributed by atoms with Crippen molar-refractivity contribution in [3.05, 3.63) is 45.5 Å². The van der Waals surface area contributed by atoms with E-state index in [4.69, 9.17) is 11.6 Å². The number of benzene rings is 1. The molecular formula is C10H9ClN2O3. The van der Waals surface area contributed by atoms with Crippen molar-refractivity contribution in [3.63, 3.8) is 0 Å². The van der Waals surface area contributed by atoms with Crippen LogP contribution in [0.15, 0.2) is 29.8 Å². The molecule has 0 fully saturated rings. The van der Waals surface area contributed by atoms with Crippen molar-refractivity contribution in [2.24, 2.45) is 0 Å². The van der Waals surface area contributed by atoms with E-state index in [0.29, 0.717) is 17.0 Å². The molecule has 84 valence electrons. The molecule has 1 N–H and O–H groups in total. The van der Waals surface area contributed by atoms with Gasteiger partial charge in [-0.05, 0) is 12.1 Å². The number of nitrogens with zero attached hydrogens (tertiary/aromatic N) is 1. The average Bonchev–Trinajstić information content (AvgIpc) is 2.25. The van der Waals surface area contributed by atoms with Crippen LogP contribution in [0.5, 0.6) is 0 Å². The van der Waals surface area contributed by atoms with Gasteiger partial charge >= 0.3 is 0 Å². The summed E-state index contributed by atoms with van der Waals surface area (Å²) >= 11 is 5.54. The van der Waals surface area contributed by atoms with Gasteiger partial charge in [-0.25, -0.2) is 0 Å². The summed E-state index contributed by atoms with van der Waals surface area (Å²) in [5.41, 5.74) is 0.391. The number of halogens is 1. The summed E-state index contributed by atoms with van der Waals surface area (Å²) in [5.74, 6) is 0. The standard InChI is InChI=1S/C10H9ClN2O3/c1-7(11)5-12-9-3-2-8(6-14)4-10(9)13(15)16/h2-4,6,12H,1,5H2. The molecule has 0 saturated heterocycles. The molecule has 0 unspecified atom stereocenters. The van der Waals surface area contributed by atoms with Crippen molar-refractivity contribution >= 4 is 29.3 Å². The maximum Gasteiger partial charge on any atom is 0.293 e. The Morgan fingerprint density at radius 2 is 2.31 bits per heavy atom. The van der Waals surface area contributed by atoms with Gasteiger partial charge in [0.25, 0.3) is 5.69 Å². The Morgan fingerprint density at radius 1 is 1.62 bits per heavy atom. The van der Waals surface area contributed by atoms with Gasteiger partial charge in [0.05, 0.1) is 11.5 Å². The Bertz CT molecular complexity index is 446. The maximum absolute atomic E-state index is 10.7. The lowest BCUT2D eigenvalue weighted by Gasteiger charge is -2.05. The summed E-state index contributed by atoms with van der Waals surface area (Å²) in [7, 11) is 0. The van der Waals surface area contributed by atoms with Crippen LogP contribution in [0.4, 0.5) is 11.4 Å². The molecule has 16 heavy (non-hydrogen) atoms. The molecule has 0 aliphatic heterocycles. The number of carbonyl (C=O) groups is 1. The van der Waals surface area contributed by atoms with Crippen LogP contribution in [0.2, 0.25) is 0 Å². The number of nitrogens with one attached hydrogen (secondary N) is 1. The number of rotatable bonds is 5. The number of anilines is 1. The number of carbonyl (C=O) groups excluding carboxylic acids is 1. The van der Waals surface area contributed by atoms with Gasteiger partial charge in [0.2, 0.25) is 0 Å². The zero-order valence-electron chi connectivity index (χ0n) is 8.27. The first-order valence-electron chi connectivity index (χ1n) is 4.35. The smallest absolute Gasteiger partial charge is 0.293 e. The van der Waals surface area contributed by atoms with E-state index >= 15 is 0 Å². The second kappa shape index (κ2) is 5.27. The van der Waals surface area contributed by atoms with Crippen LogP contribution < -0.4 is 5.32 Å². The number of nitro benzene ring substituents is 1. The zero-order valence-corrected chi connectivity index (χ0v) is 9.03. The van der Waals surface area contributed by atoms with Crippen molar-refractivity contribution in [3.8, 4) is 0 Å². The molecule has 0 aromatic heterocycles. The molecule has 0 aliphatic rings. The second-order valence-electron chi connectivity index (χ2n) is 3.02. The zero-order chi connectivity index (χ0) is 12.1. The van der Waals surface area contributed by atoms with E-state index in [1.807, 2.05) is 0 Å². The highest BCUT2D eigenvalue weighted by Crippen LogP contribution is 2.25. The van der Waals surface area contributed by atoms with E-state index in [1.165, 1.54) is 18.2 Å². The first kappa shape index (κ1) is 12.2. The summed E-state index contributed by atoms with van der Waals surface area (Å²) in [6.45, 7) is 3.68. The quantitative estimate of drug-likeness (QED) is 0.488. The predicted molar refractivity (Wildman–Crippen MR) is 62.0 cm³/mol. The molecule has 0 atom stereocenters. The van der Waals surface area contributed by atoms with Gasteiger partial charge in [-0.1, -0.05) is 18.2 Å². The maximum atomic E-state index is 10.7. The predicted octanol–water partition coefficient (Wildman–Crippen LogP) is 2.57. The number of hydrogen-bond donors (Lipinski definition) is 1. The van der Waals surface area contributed by atoms with E-state index in [0.717, 1.165) is 0 Å². The van der Waals surface area contributed by atoms with E-state index in [-0.39, 0.29) is 17.8 Å². The molecule has 5 nitrogen and oxygen atoms in total. The summed E-state index contributed by atoms with van der Waals surface area (Å²) in [6, 6.07) is 4.15. The minimum Gasteiger partial charge on any atom is -0.375 e. The lowest BCUT2D eigenvalue weighted by molar-refractivity contribution is -0.384. The van der Waals surface area contributed by atoms with Crippen molar-refractivity contribution in [2.45, 2.75) is 0 Å². The van der Waals surface area contributed by atoms with Crippen molar-refractivity contribution in [1.82, 2.24) is 0 Å². The molecule has 0 heterocycles. The number of aldehydes is 1. The van der Waals surface area contributed by atoms with E-state index in [1.54, 1.807) is 0 Å². The SMILES string of the molecule is C=C(Cl)CNc1ccc(C=O)cc1[N+](=O)[O-]. The summed E-state index contributed by atoms with van der Waals surface area (Å²) in [4.78, 5) is 20.6. The van der Waals surface area contributed by atoms with Gasteiger partial charge in [-0.15, -0.1) is 0 Å². The minimum absolute atomic E-state index is 0.164. The van der Waals surface area contributed by atoms with Crippen LogP contribution in [0.25, 0.3) is 0 Å². The van der Waals surface area contributed by atoms with Crippen molar-refractivity contribution in [1.29, 1.82) is 0 Å². The normalized spacial score (nSPS) is 9.56. The molecule has 1 aromatic carbocycles. The van der Waals surface area contributed by atoms with Crippen LogP contribution in [0, 0.1) is 10.1 Å². The summed E-state index contributed by atoms with van der Waals surface area (Å²) < 4.78 is 0. The lowest BCUT2D eigenvalue weighted by atomic mass is 10.2. The molecule has 1 aromatic rings. The third kappa shape index (κ3) is 3.06. The molecule has 1 rings (SSSR count). The molecule has 6 heteroatoms. The van der Waals surface area contributed by atoms with Gasteiger partial charge in [-0.3, -0.25) is 14.9 Å². The third-order valence-corrected chi connectivity index (χ3v) is 1.96. The molecule has 0 spiro atoms. The molecule has 0 radical (unpaired) electrons. The van der Waals surface area contributed by atoms with Gasteiger partial charge in [-0.2, -0.15) is 0 Å². The second-order valence-corrected chi connectivity index (χ2v) is 3.56. The molecule has 0 bridgehead atoms. The molecular weight excluding hydrogens is 232 g/mol. The molecule has 0 aliphatic carbocycles. The van der Waals surface area contributed by atoms with Crippen molar-refractivity contribution in [2.75, 3.05) is 11.9 Å². The largest absolute Gasteiger partial charge is 0.375 e. The van der Waals surface area contributed by atoms with Crippen LogP contribution >= 0.6 is 11.6 Å². The first-order chi connectivity index (χ1) is 7.54. The highest BCUT2D eigenvalue weighted by Gasteiger charge is 2.13. The Kier molecular flexibility index (Phi) is 4.02. The first-order valence-corrected chi connectivity index (χ1v) is 4.73. The Hall–Kier alpha value is -1.88. The van der Waals surface area contributed by atoms with Gasteiger partial charge in [0.15, 0.2) is 0 Å². The summed E-state index contributed by atoms with van der Waals surface area (Å²) in [6.07, 6.45) is 0.553. The van der Waals surface area contributed by atoms with E-state index in [2.05, 4.69) is 11.9 Å². The Labute approximate surface area is 96.9 Å². The highest BCUT2D eigenvalue weighted by atomic mass is 35.5. The summed E-state index contributed by atoms with van der Waals surface area (Å²) in [5, 5.41) is 13.8. The van der Waals surface area contributed by atoms with Crippen LogP contribution in [0.3, 0.4) is 0 Å². The van der Waals surface area contributed by atoms with Crippen LogP contribution in [-0.2, 0) is 0 Å². The number of nitro groups is 1.